The van der Waals surface area contributed by atoms with Crippen LogP contribution in [0.25, 0.3) is 0 Å². The van der Waals surface area contributed by atoms with Gasteiger partial charge in [0.05, 0.1) is 18.2 Å². The Morgan fingerprint density at radius 3 is 1.95 bits per heavy atom. The zero-order valence-electron chi connectivity index (χ0n) is 35.4. The lowest BCUT2D eigenvalue weighted by Crippen LogP contribution is -2.59. The molecular formula is C45H63N5O9S2. The number of carbonyl (C=O) groups excluding carboxylic acids is 4. The van der Waals surface area contributed by atoms with E-state index in [-0.39, 0.29) is 49.3 Å². The van der Waals surface area contributed by atoms with Crippen LogP contribution in [0.15, 0.2) is 59.3 Å². The summed E-state index contributed by atoms with van der Waals surface area (Å²) in [6.45, 7) is 5.62. The van der Waals surface area contributed by atoms with E-state index in [9.17, 15) is 39.6 Å². The monoisotopic (exact) mass is 881 g/mol. The van der Waals surface area contributed by atoms with Crippen LogP contribution in [0.5, 0.6) is 0 Å². The molecule has 16 heteroatoms. The summed E-state index contributed by atoms with van der Waals surface area (Å²) >= 11 is 3.12. The van der Waals surface area contributed by atoms with Crippen LogP contribution in [0.2, 0.25) is 0 Å². The van der Waals surface area contributed by atoms with E-state index < -0.39 is 48.0 Å². The molecule has 6 unspecified atom stereocenters. The fourth-order valence-corrected chi connectivity index (χ4v) is 11.1. The van der Waals surface area contributed by atoms with Gasteiger partial charge in [0.15, 0.2) is 24.4 Å². The maximum atomic E-state index is 14.4. The maximum absolute atomic E-state index is 14.4. The van der Waals surface area contributed by atoms with Gasteiger partial charge < -0.3 is 50.5 Å². The van der Waals surface area contributed by atoms with Crippen molar-refractivity contribution in [1.29, 1.82) is 0 Å². The van der Waals surface area contributed by atoms with Gasteiger partial charge in [-0.1, -0.05) is 30.7 Å². The molecule has 334 valence electrons. The van der Waals surface area contributed by atoms with Crippen molar-refractivity contribution in [2.24, 2.45) is 5.92 Å². The summed E-state index contributed by atoms with van der Waals surface area (Å²) in [5.41, 5.74) is 1.75. The predicted octanol–water partition coefficient (Wildman–Crippen LogP) is 3.41. The van der Waals surface area contributed by atoms with Crippen molar-refractivity contribution in [1.82, 2.24) is 20.4 Å². The van der Waals surface area contributed by atoms with Gasteiger partial charge in [-0.2, -0.15) is 0 Å². The zero-order chi connectivity index (χ0) is 43.6. The van der Waals surface area contributed by atoms with E-state index in [1.807, 2.05) is 66.2 Å². The summed E-state index contributed by atoms with van der Waals surface area (Å²) in [7, 11) is 1.71. The van der Waals surface area contributed by atoms with Crippen LogP contribution in [-0.2, 0) is 36.8 Å². The molecule has 14 nitrogen and oxygen atoms in total. The number of ether oxygens (including phenoxy) is 1. The number of rotatable bonds is 19. The minimum atomic E-state index is -1.93. The molecule has 3 aromatic rings. The van der Waals surface area contributed by atoms with Gasteiger partial charge >= 0.3 is 0 Å². The van der Waals surface area contributed by atoms with Gasteiger partial charge in [0, 0.05) is 60.8 Å². The fourth-order valence-electron chi connectivity index (χ4n) is 9.67. The number of thiophene rings is 2. The van der Waals surface area contributed by atoms with E-state index in [4.69, 9.17) is 4.74 Å². The summed E-state index contributed by atoms with van der Waals surface area (Å²) in [5.74, 6) is -2.80. The number of anilines is 1. The fraction of sp³-hybridized carbons (Fsp3) is 0.600. The molecular weight excluding hydrogens is 819 g/mol. The maximum Gasteiger partial charge on any atom is 0.255 e. The first-order valence-corrected chi connectivity index (χ1v) is 23.5. The van der Waals surface area contributed by atoms with Gasteiger partial charge in [0.25, 0.3) is 23.6 Å². The summed E-state index contributed by atoms with van der Waals surface area (Å²) in [6.07, 6.45) is -0.0797. The van der Waals surface area contributed by atoms with E-state index in [0.29, 0.717) is 45.2 Å². The molecule has 61 heavy (non-hydrogen) atoms. The van der Waals surface area contributed by atoms with Gasteiger partial charge in [0.1, 0.15) is 0 Å². The quantitative estimate of drug-likeness (QED) is 0.104. The van der Waals surface area contributed by atoms with Crippen LogP contribution in [-0.4, -0.2) is 136 Å². The van der Waals surface area contributed by atoms with Gasteiger partial charge in [-0.15, -0.1) is 22.7 Å². The van der Waals surface area contributed by atoms with Crippen molar-refractivity contribution >= 4 is 52.0 Å². The van der Waals surface area contributed by atoms with Crippen LogP contribution < -0.4 is 15.5 Å². The molecule has 4 amide bonds. The first kappa shape index (κ1) is 46.6. The van der Waals surface area contributed by atoms with Crippen molar-refractivity contribution < 1.29 is 44.3 Å². The smallest absolute Gasteiger partial charge is 0.255 e. The minimum Gasteiger partial charge on any atom is -0.381 e. The Hall–Kier alpha value is -3.90. The Balaban J connectivity index is 1.13. The second-order valence-electron chi connectivity index (χ2n) is 16.6. The molecule has 3 aliphatic rings. The number of carbonyl (C=O) groups is 4. The molecule has 1 aromatic carbocycles. The number of methoxy groups -OCH3 is 1. The number of hydrogen-bond donors (Lipinski definition) is 6. The Labute approximate surface area is 366 Å². The number of nitrogens with one attached hydrogen (secondary N) is 2. The molecule has 0 bridgehead atoms. The highest BCUT2D eigenvalue weighted by atomic mass is 32.1. The molecule has 2 aliphatic heterocycles. The largest absolute Gasteiger partial charge is 0.381 e. The van der Waals surface area contributed by atoms with Gasteiger partial charge in [-0.25, -0.2) is 0 Å². The number of benzene rings is 1. The first-order valence-electron chi connectivity index (χ1n) is 21.8. The van der Waals surface area contributed by atoms with Crippen molar-refractivity contribution in [2.75, 3.05) is 38.2 Å². The van der Waals surface area contributed by atoms with Gasteiger partial charge in [-0.05, 0) is 118 Å². The summed E-state index contributed by atoms with van der Waals surface area (Å²) in [5, 5.41) is 53.0. The average molecular weight is 882 g/mol. The highest BCUT2D eigenvalue weighted by Gasteiger charge is 2.48. The van der Waals surface area contributed by atoms with Crippen molar-refractivity contribution in [3.8, 4) is 0 Å². The van der Waals surface area contributed by atoms with Crippen molar-refractivity contribution in [2.45, 2.75) is 133 Å². The lowest BCUT2D eigenvalue weighted by molar-refractivity contribution is -0.157. The van der Waals surface area contributed by atoms with Crippen LogP contribution in [0, 0.1) is 5.92 Å². The SMILES string of the molecule is CCN(c1ccc(C2CCCN2C(=O)[C@H](O)[C@@H](O)C(=O)NCCc2cccs2)cc1)C(C)C1CCC(C2CCCC(OC)C2)N1C(=O)[C@H](O)[C@@H](O)C(=O)NCCc1cccs1. The standard InChI is InChI=1S/C45H63N5O9S2/c1-4-48(31-16-14-29(15-17-31)36-13-6-24-49(36)44(57)40(53)38(51)42(55)46-22-20-33-11-7-25-60-33)28(2)35-18-19-37(30-9-5-10-32(27-30)59-3)50(35)45(58)41(54)39(52)43(56)47-23-21-34-12-8-26-61-34/h7-8,11-12,14-17,25-26,28,30,32,35-41,51-54H,4-6,9-10,13,18-24,27H2,1-3H3,(H,46,55)(H,47,56)/t28?,30?,32?,35?,36?,37?,38-,39-,40-,41-/m1/s1. The lowest BCUT2D eigenvalue weighted by Gasteiger charge is -2.43. The number of nitrogens with zero attached hydrogens (tertiary/aromatic N) is 3. The summed E-state index contributed by atoms with van der Waals surface area (Å²) in [4.78, 5) is 61.2. The summed E-state index contributed by atoms with van der Waals surface area (Å²) in [6, 6.07) is 14.5. The van der Waals surface area contributed by atoms with E-state index >= 15 is 0 Å². The number of aliphatic hydroxyl groups excluding tert-OH is 4. The highest BCUT2D eigenvalue weighted by Crippen LogP contribution is 2.41. The van der Waals surface area contributed by atoms with Crippen LogP contribution >= 0.6 is 22.7 Å². The molecule has 1 aliphatic carbocycles. The third-order valence-electron chi connectivity index (χ3n) is 12.9. The van der Waals surface area contributed by atoms with Crippen molar-refractivity contribution in [3.05, 3.63) is 74.6 Å². The van der Waals surface area contributed by atoms with Crippen molar-refractivity contribution in [3.63, 3.8) is 0 Å². The molecule has 2 aromatic heterocycles. The zero-order valence-corrected chi connectivity index (χ0v) is 37.1. The predicted molar refractivity (Wildman–Crippen MR) is 235 cm³/mol. The topological polar surface area (TPSA) is 192 Å². The van der Waals surface area contributed by atoms with E-state index in [0.717, 1.165) is 53.1 Å². The Kier molecular flexibility index (Phi) is 16.8. The number of amides is 4. The number of likely N-dealkylation sites (tertiary alicyclic amines) is 2. The van der Waals surface area contributed by atoms with Gasteiger partial charge in [0.2, 0.25) is 0 Å². The first-order chi connectivity index (χ1) is 29.4. The van der Waals surface area contributed by atoms with E-state index in [2.05, 4.69) is 22.5 Å². The molecule has 0 radical (unpaired) electrons. The molecule has 6 N–H and O–H groups in total. The van der Waals surface area contributed by atoms with Crippen LogP contribution in [0.3, 0.4) is 0 Å². The minimum absolute atomic E-state index is 0.0769. The molecule has 6 rings (SSSR count). The Morgan fingerprint density at radius 2 is 1.39 bits per heavy atom. The number of aliphatic hydroxyl groups is 4. The number of likely N-dealkylation sites (N-methyl/N-ethyl adjacent to an activating group) is 1. The third kappa shape index (κ3) is 11.2. The molecule has 10 atom stereocenters. The molecule has 1 saturated carbocycles. The molecule has 0 spiro atoms. The second kappa shape index (κ2) is 21.9. The van der Waals surface area contributed by atoms with E-state index in [1.165, 1.54) is 4.90 Å². The van der Waals surface area contributed by atoms with Crippen LogP contribution in [0.4, 0.5) is 5.69 Å². The number of hydrogen-bond acceptors (Lipinski definition) is 12. The third-order valence-corrected chi connectivity index (χ3v) is 14.8. The summed E-state index contributed by atoms with van der Waals surface area (Å²) < 4.78 is 5.75. The van der Waals surface area contributed by atoms with Crippen LogP contribution in [0.1, 0.15) is 86.6 Å². The lowest BCUT2D eigenvalue weighted by atomic mass is 9.81. The normalized spacial score (nSPS) is 24.1. The Bertz CT molecular complexity index is 1870. The van der Waals surface area contributed by atoms with E-state index in [1.54, 1.807) is 34.7 Å². The molecule has 3 fully saturated rings. The second-order valence-corrected chi connectivity index (χ2v) is 18.6. The average Bonchev–Trinajstić information content (AvgIpc) is 4.14. The van der Waals surface area contributed by atoms with Gasteiger partial charge in [-0.3, -0.25) is 19.2 Å². The highest BCUT2D eigenvalue weighted by molar-refractivity contribution is 7.10. The molecule has 2 saturated heterocycles. The molecule has 4 heterocycles. The Morgan fingerprint density at radius 1 is 0.787 bits per heavy atom.